The van der Waals surface area contributed by atoms with E-state index in [4.69, 9.17) is 8.83 Å². The molecule has 0 unspecified atom stereocenters. The highest BCUT2D eigenvalue weighted by Gasteiger charge is 2.49. The van der Waals surface area contributed by atoms with Crippen molar-refractivity contribution in [1.29, 1.82) is 0 Å². The smallest absolute Gasteiger partial charge is 0.180 e. The van der Waals surface area contributed by atoms with Gasteiger partial charge in [0.15, 0.2) is 8.07 Å². The van der Waals surface area contributed by atoms with Crippen LogP contribution in [0, 0.1) is 96.9 Å². The number of para-hydroxylation sites is 3. The van der Waals surface area contributed by atoms with Crippen LogP contribution < -0.4 is 31.1 Å². The molecule has 0 spiro atoms. The van der Waals surface area contributed by atoms with Crippen LogP contribution in [0.3, 0.4) is 0 Å². The van der Waals surface area contributed by atoms with Crippen molar-refractivity contribution < 1.29 is 8.83 Å². The number of nitrogens with zero attached hydrogens (tertiary/aromatic N) is 1. The number of aromatic nitrogens is 1. The van der Waals surface area contributed by atoms with Gasteiger partial charge in [-0.3, -0.25) is 0 Å². The molecule has 0 saturated heterocycles. The summed E-state index contributed by atoms with van der Waals surface area (Å²) in [6.07, 6.45) is 0. The maximum absolute atomic E-state index is 5.94. The molecular formula is C121H117NO2SSi2. The molecule has 3 aliphatic rings. The second kappa shape index (κ2) is 34.6. The van der Waals surface area contributed by atoms with Crippen molar-refractivity contribution in [3.8, 4) is 39.1 Å². The molecule has 632 valence electrons. The predicted octanol–water partition coefficient (Wildman–Crippen LogP) is 30.0. The van der Waals surface area contributed by atoms with E-state index in [-0.39, 0.29) is 10.8 Å². The lowest BCUT2D eigenvalue weighted by Gasteiger charge is -2.31. The van der Waals surface area contributed by atoms with E-state index in [1.165, 1.54) is 207 Å². The van der Waals surface area contributed by atoms with E-state index in [1.807, 2.05) is 23.5 Å². The number of hydrogen-bond donors (Lipinski definition) is 0. The Morgan fingerprint density at radius 3 is 1.48 bits per heavy atom. The minimum Gasteiger partial charge on any atom is -0.460 e. The average molecular weight is 1710 g/mol. The van der Waals surface area contributed by atoms with Crippen LogP contribution in [0.15, 0.2) is 336 Å². The highest BCUT2D eigenvalue weighted by atomic mass is 32.1. The third-order valence-corrected chi connectivity index (χ3v) is 37.8. The van der Waals surface area contributed by atoms with Gasteiger partial charge in [0.25, 0.3) is 0 Å². The quantitative estimate of drug-likeness (QED) is 0.165. The summed E-state index contributed by atoms with van der Waals surface area (Å²) in [6.45, 7) is 46.9. The molecule has 23 rings (SSSR count). The zero-order valence-electron chi connectivity index (χ0n) is 77.8. The third kappa shape index (κ3) is 15.4. The van der Waals surface area contributed by atoms with E-state index in [9.17, 15) is 0 Å². The Morgan fingerprint density at radius 2 is 0.803 bits per heavy atom. The first-order chi connectivity index (χ1) is 61.0. The van der Waals surface area contributed by atoms with Crippen molar-refractivity contribution >= 4 is 133 Å². The highest BCUT2D eigenvalue weighted by molar-refractivity contribution is 7.26. The molecule has 0 amide bonds. The highest BCUT2D eigenvalue weighted by Crippen LogP contribution is 2.51. The summed E-state index contributed by atoms with van der Waals surface area (Å²) in [7, 11) is -3.74. The molecule has 6 heteroatoms. The van der Waals surface area contributed by atoms with Gasteiger partial charge in [-0.1, -0.05) is 321 Å². The Kier molecular flexibility index (Phi) is 23.5. The molecule has 1 aliphatic carbocycles. The van der Waals surface area contributed by atoms with Crippen LogP contribution in [0.1, 0.15) is 129 Å². The normalized spacial score (nSPS) is 13.1. The number of benzene rings is 16. The summed E-state index contributed by atoms with van der Waals surface area (Å²) in [5.41, 5.74) is 37.9. The Balaban J connectivity index is 0.000000106. The molecule has 0 bridgehead atoms. The van der Waals surface area contributed by atoms with Crippen molar-refractivity contribution in [2.24, 2.45) is 0 Å². The molecule has 4 aromatic heterocycles. The van der Waals surface area contributed by atoms with Crippen LogP contribution in [-0.4, -0.2) is 20.7 Å². The number of fused-ring (bicyclic) bond motifs is 19. The number of thiophene rings is 1. The topological polar surface area (TPSA) is 31.2 Å². The Hall–Kier alpha value is -12.7. The number of rotatable bonds is 3. The van der Waals surface area contributed by atoms with Gasteiger partial charge in [-0.05, 0) is 305 Å². The lowest BCUT2D eigenvalue weighted by Crippen LogP contribution is -2.72. The molecule has 0 N–H and O–H groups in total. The van der Waals surface area contributed by atoms with Gasteiger partial charge in [-0.15, -0.1) is 11.3 Å². The molecule has 0 radical (unpaired) electrons. The van der Waals surface area contributed by atoms with Gasteiger partial charge in [0.2, 0.25) is 0 Å². The molecule has 3 nitrogen and oxygen atoms in total. The average Bonchev–Trinajstić information content (AvgIpc) is 1.53. The van der Waals surface area contributed by atoms with Gasteiger partial charge in [0, 0.05) is 63.6 Å². The molecule has 16 aromatic carbocycles. The first-order valence-corrected chi connectivity index (χ1v) is 50.9. The maximum atomic E-state index is 5.94. The second-order valence-corrected chi connectivity index (χ2v) is 46.6. The van der Waals surface area contributed by atoms with E-state index in [0.29, 0.717) is 0 Å². The van der Waals surface area contributed by atoms with Crippen LogP contribution in [-0.2, 0) is 10.8 Å². The maximum Gasteiger partial charge on any atom is 0.180 e. The molecule has 20 aromatic rings. The van der Waals surface area contributed by atoms with Crippen LogP contribution >= 0.6 is 11.3 Å². The summed E-state index contributed by atoms with van der Waals surface area (Å²) in [5, 5.41) is 18.5. The van der Waals surface area contributed by atoms with Gasteiger partial charge in [0.1, 0.15) is 30.6 Å². The van der Waals surface area contributed by atoms with Crippen molar-refractivity contribution in [3.63, 3.8) is 0 Å². The molecule has 0 saturated carbocycles. The molecule has 0 fully saturated rings. The minimum absolute atomic E-state index is 0.0827. The lowest BCUT2D eigenvalue weighted by atomic mass is 9.82. The molecular weight excluding hydrogens is 1590 g/mol. The monoisotopic (exact) mass is 1700 g/mol. The van der Waals surface area contributed by atoms with Crippen LogP contribution in [0.4, 0.5) is 0 Å². The number of furan rings is 2. The van der Waals surface area contributed by atoms with Crippen molar-refractivity contribution in [2.45, 2.75) is 155 Å². The largest absolute Gasteiger partial charge is 0.460 e. The van der Waals surface area contributed by atoms with Crippen LogP contribution in [0.2, 0.25) is 13.1 Å². The predicted molar refractivity (Wildman–Crippen MR) is 557 cm³/mol. The van der Waals surface area contributed by atoms with Crippen molar-refractivity contribution in [2.75, 3.05) is 0 Å². The van der Waals surface area contributed by atoms with Crippen LogP contribution in [0.25, 0.3) is 114 Å². The lowest BCUT2D eigenvalue weighted by molar-refractivity contribution is 0.429. The zero-order valence-corrected chi connectivity index (χ0v) is 80.7. The van der Waals surface area contributed by atoms with Gasteiger partial charge < -0.3 is 13.4 Å². The van der Waals surface area contributed by atoms with Gasteiger partial charge in [0.05, 0.1) is 11.0 Å². The Labute approximate surface area is 758 Å². The van der Waals surface area contributed by atoms with Crippen LogP contribution in [0.5, 0.6) is 0 Å². The summed E-state index contributed by atoms with van der Waals surface area (Å²) < 4.78 is 16.9. The van der Waals surface area contributed by atoms with Gasteiger partial charge in [-0.25, -0.2) is 0 Å². The number of aryl methyl sites for hydroxylation is 11. The second-order valence-electron chi connectivity index (χ2n) is 37.5. The molecule has 127 heavy (non-hydrogen) atoms. The summed E-state index contributed by atoms with van der Waals surface area (Å²) in [6, 6.07) is 119. The summed E-state index contributed by atoms with van der Waals surface area (Å²) in [5.74, 6) is 1.06. The summed E-state index contributed by atoms with van der Waals surface area (Å²) >= 11 is 1.88. The van der Waals surface area contributed by atoms with E-state index in [1.54, 1.807) is 10.4 Å². The van der Waals surface area contributed by atoms with E-state index in [0.717, 1.165) is 22.5 Å². The minimum atomic E-state index is -2.28. The molecule has 6 heterocycles. The van der Waals surface area contributed by atoms with Gasteiger partial charge >= 0.3 is 0 Å². The zero-order chi connectivity index (χ0) is 89.3. The summed E-state index contributed by atoms with van der Waals surface area (Å²) in [4.78, 5) is 0. The first kappa shape index (κ1) is 86.4. The molecule has 2 aliphatic heterocycles. The molecule has 0 atom stereocenters. The fraction of sp³-hybridized carbons (Fsp3) is 0.190. The Morgan fingerprint density at radius 1 is 0.315 bits per heavy atom. The third-order valence-electron chi connectivity index (χ3n) is 28.2. The van der Waals surface area contributed by atoms with Gasteiger partial charge in [-0.2, -0.15) is 0 Å². The fourth-order valence-electron chi connectivity index (χ4n) is 20.2. The SMILES string of the molecule is Cc1ccc2c(c1C)-c1ccccc1C2(C)C.Cc1ccc2c(c1C)-c1ccccc1[Si]2(c1ccccc1)c1ccccc1.Cc1ccc2c(c1C)[Si](C)(C)c1ccccc1-2.Cc1ccc2c(c1C)c1ccccc1n2-c1ccccc1.Cc1ccc2cc(C(C)(C)C)oc2c1C.Cc1ccc2oc3ccccc3c2c1C.Cc1ccc2sc3ccccc3c2c1C. The standard InChI is InChI=1S/C26H22Si.C20H17N.C17H18.C16H18Si.C14H12O.C14H18O.C14H12S/c1-19-17-18-25-26(20(19)2)23-15-9-10-16-24(23)27(25,21-11-5-3-6-12-21)22-13-7-4-8-14-22;1-14-12-13-19-20(15(14)2)17-10-6-7-11-18(17)21(19)16-8-4-3-5-9-16;1-11-9-10-15-16(12(11)2)13-7-5-6-8-14(13)17(15,3)4;1-11-9-10-14-13-7-5-6-8-15(13)17(3,4)16(14)12(11)2;1-9-7-8-13-14(10(9)2)11-5-3-4-6-12(11)15-13;1-9-6-7-11-8-12(14(3,4)5)15-13(11)10(9)2;1-9-7-8-13-14(10(9)2)11-5-3-4-6-12(11)15-13/h3-18H,1-2H3;3-13H,1-2H3;2*5-10H,1-4H3;3-8H,1-2H3;6-8H,1-5H3;3-8H,1-2H3. The fourth-order valence-corrected chi connectivity index (χ4v) is 30.3. The Bertz CT molecular complexity index is 7430. The van der Waals surface area contributed by atoms with E-state index < -0.39 is 16.1 Å². The van der Waals surface area contributed by atoms with Crippen molar-refractivity contribution in [1.82, 2.24) is 4.57 Å². The van der Waals surface area contributed by atoms with Crippen molar-refractivity contribution in [3.05, 3.63) is 422 Å². The van der Waals surface area contributed by atoms with E-state index >= 15 is 0 Å². The first-order valence-electron chi connectivity index (χ1n) is 45.0. The van der Waals surface area contributed by atoms with E-state index in [2.05, 4.69) is 465 Å². The number of hydrogen-bond acceptors (Lipinski definition) is 3.